The number of nitrogens with zero attached hydrogens (tertiary/aromatic N) is 2. The van der Waals surface area contributed by atoms with E-state index in [1.54, 1.807) is 18.2 Å². The number of carbonyl (C=O) groups is 4. The van der Waals surface area contributed by atoms with Crippen molar-refractivity contribution in [3.05, 3.63) is 100 Å². The second kappa shape index (κ2) is 13.2. The van der Waals surface area contributed by atoms with Crippen LogP contribution in [0.2, 0.25) is 0 Å². The Kier molecular flexibility index (Phi) is 9.25. The van der Waals surface area contributed by atoms with Crippen molar-refractivity contribution < 1.29 is 32.7 Å². The number of halogens is 2. The van der Waals surface area contributed by atoms with Crippen LogP contribution in [0.5, 0.6) is 5.75 Å². The summed E-state index contributed by atoms with van der Waals surface area (Å²) in [5.41, 5.74) is 2.83. The standard InChI is InChI=1S/C33H33F2N3O5/c1-36-31(40)28(5-3-17-39)38-32(41)26-4-2-6-29(30(26)33(38)42)43-20-22-9-7-21(8-10-22)19-37-15-13-23(14-16-37)25-12-11-24(34)18-27(25)35/h2,4,6-12,17-18,23,28H,3,5,13-16,19-20H2,1H3,(H,36,40). The molecule has 1 N–H and O–H groups in total. The van der Waals surface area contributed by atoms with E-state index in [2.05, 4.69) is 10.2 Å². The zero-order valence-electron chi connectivity index (χ0n) is 23.9. The summed E-state index contributed by atoms with van der Waals surface area (Å²) in [7, 11) is 1.41. The summed E-state index contributed by atoms with van der Waals surface area (Å²) in [6.45, 7) is 2.53. The number of imide groups is 1. The maximum Gasteiger partial charge on any atom is 0.266 e. The predicted molar refractivity (Wildman–Crippen MR) is 154 cm³/mol. The third kappa shape index (κ3) is 6.49. The number of amides is 3. The summed E-state index contributed by atoms with van der Waals surface area (Å²) >= 11 is 0. The van der Waals surface area contributed by atoms with E-state index >= 15 is 0 Å². The van der Waals surface area contributed by atoms with Gasteiger partial charge in [-0.2, -0.15) is 0 Å². The van der Waals surface area contributed by atoms with Gasteiger partial charge < -0.3 is 14.8 Å². The molecule has 10 heteroatoms. The molecule has 1 unspecified atom stereocenters. The van der Waals surface area contributed by atoms with Crippen LogP contribution in [0.25, 0.3) is 0 Å². The monoisotopic (exact) mass is 589 g/mol. The number of ether oxygens (including phenoxy) is 1. The Balaban J connectivity index is 1.19. The van der Waals surface area contributed by atoms with Crippen molar-refractivity contribution in [3.63, 3.8) is 0 Å². The fourth-order valence-corrected chi connectivity index (χ4v) is 5.84. The van der Waals surface area contributed by atoms with Gasteiger partial charge >= 0.3 is 0 Å². The van der Waals surface area contributed by atoms with Gasteiger partial charge in [0.15, 0.2) is 0 Å². The fraction of sp³-hybridized carbons (Fsp3) is 0.333. The summed E-state index contributed by atoms with van der Waals surface area (Å²) in [4.78, 5) is 53.1. The largest absolute Gasteiger partial charge is 0.488 e. The Hall–Kier alpha value is -4.44. The number of rotatable bonds is 11. The first kappa shape index (κ1) is 30.0. The van der Waals surface area contributed by atoms with Crippen LogP contribution in [-0.4, -0.2) is 60.0 Å². The van der Waals surface area contributed by atoms with E-state index in [-0.39, 0.29) is 42.2 Å². The first-order chi connectivity index (χ1) is 20.8. The molecule has 0 saturated carbocycles. The minimum absolute atomic E-state index is 0.0269. The number of benzene rings is 3. The van der Waals surface area contributed by atoms with Gasteiger partial charge in [-0.3, -0.25) is 24.2 Å². The Labute approximate surface area is 248 Å². The smallest absolute Gasteiger partial charge is 0.266 e. The van der Waals surface area contributed by atoms with E-state index < -0.39 is 35.4 Å². The number of hydrogen-bond donors (Lipinski definition) is 1. The molecular formula is C33H33F2N3O5. The van der Waals surface area contributed by atoms with Crippen LogP contribution in [0.1, 0.15) is 69.0 Å². The highest BCUT2D eigenvalue weighted by Crippen LogP contribution is 2.34. The van der Waals surface area contributed by atoms with E-state index in [0.717, 1.165) is 54.6 Å². The lowest BCUT2D eigenvalue weighted by atomic mass is 9.89. The molecule has 3 aromatic rings. The highest BCUT2D eigenvalue weighted by Gasteiger charge is 2.44. The normalized spacial score (nSPS) is 16.2. The molecule has 1 fully saturated rings. The maximum atomic E-state index is 14.2. The molecule has 5 rings (SSSR count). The molecule has 1 atom stereocenters. The van der Waals surface area contributed by atoms with Gasteiger partial charge in [0, 0.05) is 26.1 Å². The average molecular weight is 590 g/mol. The Bertz CT molecular complexity index is 1520. The number of likely N-dealkylation sites (tertiary alicyclic amines) is 1. The Morgan fingerprint density at radius 3 is 2.42 bits per heavy atom. The molecule has 8 nitrogen and oxygen atoms in total. The molecule has 43 heavy (non-hydrogen) atoms. The number of piperidine rings is 1. The maximum absolute atomic E-state index is 14.2. The molecular weight excluding hydrogens is 556 g/mol. The van der Waals surface area contributed by atoms with Crippen molar-refractivity contribution in [2.24, 2.45) is 0 Å². The molecule has 3 aromatic carbocycles. The van der Waals surface area contributed by atoms with Crippen LogP contribution in [0, 0.1) is 11.6 Å². The SMILES string of the molecule is CNC(=O)C(CCC=O)N1C(=O)c2cccc(OCc3ccc(CN4CCC(c5ccc(F)cc5F)CC4)cc3)c2C1=O. The first-order valence-electron chi connectivity index (χ1n) is 14.3. The van der Waals surface area contributed by atoms with Crippen LogP contribution in [0.3, 0.4) is 0 Å². The molecule has 2 aliphatic rings. The van der Waals surface area contributed by atoms with Crippen molar-refractivity contribution in [2.45, 2.75) is 50.8 Å². The van der Waals surface area contributed by atoms with Gasteiger partial charge in [-0.1, -0.05) is 36.4 Å². The molecule has 3 amide bonds. The minimum atomic E-state index is -1.10. The number of carbonyl (C=O) groups excluding carboxylic acids is 4. The fourth-order valence-electron chi connectivity index (χ4n) is 5.84. The average Bonchev–Trinajstić information content (AvgIpc) is 3.27. The highest BCUT2D eigenvalue weighted by atomic mass is 19.1. The molecule has 2 aliphatic heterocycles. The summed E-state index contributed by atoms with van der Waals surface area (Å²) in [5.74, 6) is -2.46. The van der Waals surface area contributed by atoms with Crippen molar-refractivity contribution in [1.29, 1.82) is 0 Å². The van der Waals surface area contributed by atoms with Gasteiger partial charge in [0.1, 0.15) is 36.3 Å². The molecule has 1 saturated heterocycles. The van der Waals surface area contributed by atoms with Crippen LogP contribution in [-0.2, 0) is 22.7 Å². The number of likely N-dealkylation sites (N-methyl/N-ethyl adjacent to an activating group) is 1. The molecule has 0 bridgehead atoms. The van der Waals surface area contributed by atoms with Crippen molar-refractivity contribution in [1.82, 2.24) is 15.1 Å². The zero-order chi connectivity index (χ0) is 30.5. The van der Waals surface area contributed by atoms with Crippen molar-refractivity contribution in [2.75, 3.05) is 20.1 Å². The van der Waals surface area contributed by atoms with Gasteiger partial charge in [-0.25, -0.2) is 8.78 Å². The summed E-state index contributed by atoms with van der Waals surface area (Å²) in [6.07, 6.45) is 2.31. The molecule has 0 radical (unpaired) electrons. The van der Waals surface area contributed by atoms with E-state index in [1.807, 2.05) is 24.3 Å². The molecule has 0 aromatic heterocycles. The van der Waals surface area contributed by atoms with Crippen LogP contribution in [0.15, 0.2) is 60.7 Å². The number of nitrogens with one attached hydrogen (secondary N) is 1. The van der Waals surface area contributed by atoms with Gasteiger partial charge in [0.25, 0.3) is 11.8 Å². The van der Waals surface area contributed by atoms with Crippen LogP contribution >= 0.6 is 0 Å². The Morgan fingerprint density at radius 1 is 1.02 bits per heavy atom. The minimum Gasteiger partial charge on any atom is -0.488 e. The Morgan fingerprint density at radius 2 is 1.74 bits per heavy atom. The summed E-state index contributed by atoms with van der Waals surface area (Å²) in [6, 6.07) is 15.4. The summed E-state index contributed by atoms with van der Waals surface area (Å²) < 4.78 is 33.5. The molecule has 2 heterocycles. The lowest BCUT2D eigenvalue weighted by molar-refractivity contribution is -0.124. The van der Waals surface area contributed by atoms with E-state index in [4.69, 9.17) is 4.74 Å². The third-order valence-corrected chi connectivity index (χ3v) is 8.14. The molecule has 224 valence electrons. The first-order valence-corrected chi connectivity index (χ1v) is 14.3. The molecule has 0 spiro atoms. The van der Waals surface area contributed by atoms with Crippen LogP contribution < -0.4 is 10.1 Å². The third-order valence-electron chi connectivity index (χ3n) is 8.14. The number of hydrogen-bond acceptors (Lipinski definition) is 6. The molecule has 0 aliphatic carbocycles. The predicted octanol–water partition coefficient (Wildman–Crippen LogP) is 4.61. The van der Waals surface area contributed by atoms with Gasteiger partial charge in [0.05, 0.1) is 11.1 Å². The van der Waals surface area contributed by atoms with Crippen molar-refractivity contribution in [3.8, 4) is 5.75 Å². The van der Waals surface area contributed by atoms with E-state index in [1.165, 1.54) is 19.2 Å². The summed E-state index contributed by atoms with van der Waals surface area (Å²) in [5, 5.41) is 2.46. The lowest BCUT2D eigenvalue weighted by Gasteiger charge is -2.32. The quantitative estimate of drug-likeness (QED) is 0.259. The topological polar surface area (TPSA) is 96.0 Å². The van der Waals surface area contributed by atoms with Gasteiger partial charge in [0.2, 0.25) is 5.91 Å². The van der Waals surface area contributed by atoms with Gasteiger partial charge in [-0.15, -0.1) is 0 Å². The second-order valence-corrected chi connectivity index (χ2v) is 10.9. The van der Waals surface area contributed by atoms with E-state index in [0.29, 0.717) is 11.8 Å². The van der Waals surface area contributed by atoms with Crippen LogP contribution in [0.4, 0.5) is 8.78 Å². The number of fused-ring (bicyclic) bond motifs is 1. The second-order valence-electron chi connectivity index (χ2n) is 10.9. The van der Waals surface area contributed by atoms with E-state index in [9.17, 15) is 28.0 Å². The lowest BCUT2D eigenvalue weighted by Crippen LogP contribution is -2.48. The highest BCUT2D eigenvalue weighted by molar-refractivity contribution is 6.24. The number of aldehydes is 1. The van der Waals surface area contributed by atoms with Crippen molar-refractivity contribution >= 4 is 24.0 Å². The zero-order valence-corrected chi connectivity index (χ0v) is 23.9. The van der Waals surface area contributed by atoms with Gasteiger partial charge in [-0.05, 0) is 73.2 Å².